The van der Waals surface area contributed by atoms with E-state index < -0.39 is 0 Å². The third-order valence-electron chi connectivity index (χ3n) is 5.14. The van der Waals surface area contributed by atoms with Crippen LogP contribution in [0.5, 0.6) is 0 Å². The van der Waals surface area contributed by atoms with Crippen molar-refractivity contribution in [1.82, 2.24) is 0 Å². The number of rotatable bonds is 6. The second-order valence-corrected chi connectivity index (χ2v) is 6.33. The molecule has 0 radical (unpaired) electrons. The average Bonchev–Trinajstić information content (AvgIpc) is 2.86. The molecule has 0 aromatic heterocycles. The maximum Gasteiger partial charge on any atom is 0.0684 e. The molecule has 2 aromatic carbocycles. The van der Waals surface area contributed by atoms with Crippen LogP contribution in [-0.2, 0) is 27.7 Å². The van der Waals surface area contributed by atoms with E-state index in [4.69, 9.17) is 9.47 Å². The highest BCUT2D eigenvalue weighted by Crippen LogP contribution is 2.51. The van der Waals surface area contributed by atoms with E-state index in [-0.39, 0.29) is 5.41 Å². The van der Waals surface area contributed by atoms with E-state index >= 15 is 0 Å². The second kappa shape index (κ2) is 6.46. The highest BCUT2D eigenvalue weighted by molar-refractivity contribution is 5.83. The number of hydrogen-bond acceptors (Lipinski definition) is 2. The van der Waals surface area contributed by atoms with E-state index in [2.05, 4.69) is 50.2 Å². The molecule has 0 aliphatic heterocycles. The predicted octanol–water partition coefficient (Wildman–Crippen LogP) is 4.37. The Morgan fingerprint density at radius 1 is 0.826 bits per heavy atom. The lowest BCUT2D eigenvalue weighted by atomic mass is 9.76. The molecule has 122 valence electrons. The largest absolute Gasteiger partial charge is 0.383 e. The molecule has 1 aliphatic carbocycles. The molecule has 23 heavy (non-hydrogen) atoms. The number of hydrogen-bond donors (Lipinski definition) is 0. The Hall–Kier alpha value is -1.64. The third-order valence-corrected chi connectivity index (χ3v) is 5.14. The van der Waals surface area contributed by atoms with Gasteiger partial charge in [-0.1, -0.05) is 50.2 Å². The molecule has 0 spiro atoms. The van der Waals surface area contributed by atoms with E-state index in [0.29, 0.717) is 13.2 Å². The van der Waals surface area contributed by atoms with Crippen molar-refractivity contribution >= 4 is 0 Å². The Labute approximate surface area is 139 Å². The van der Waals surface area contributed by atoms with Crippen molar-refractivity contribution in [2.45, 2.75) is 32.1 Å². The van der Waals surface area contributed by atoms with Gasteiger partial charge >= 0.3 is 0 Å². The maximum absolute atomic E-state index is 5.69. The summed E-state index contributed by atoms with van der Waals surface area (Å²) >= 11 is 0. The Bertz CT molecular complexity index is 697. The van der Waals surface area contributed by atoms with Gasteiger partial charge in [-0.15, -0.1) is 0 Å². The van der Waals surface area contributed by atoms with Crippen molar-refractivity contribution in [2.75, 3.05) is 27.4 Å². The van der Waals surface area contributed by atoms with Crippen LogP contribution in [0, 0.1) is 0 Å². The van der Waals surface area contributed by atoms with Gasteiger partial charge in [0.1, 0.15) is 0 Å². The summed E-state index contributed by atoms with van der Waals surface area (Å²) in [5.74, 6) is 0. The van der Waals surface area contributed by atoms with Gasteiger partial charge in [0.2, 0.25) is 0 Å². The van der Waals surface area contributed by atoms with E-state index in [1.807, 2.05) is 0 Å². The average molecular weight is 310 g/mol. The molecule has 2 heteroatoms. The Balaban J connectivity index is 2.37. The number of methoxy groups -OCH3 is 2. The predicted molar refractivity (Wildman–Crippen MR) is 95.2 cm³/mol. The summed E-state index contributed by atoms with van der Waals surface area (Å²) in [7, 11) is 3.57. The summed E-state index contributed by atoms with van der Waals surface area (Å²) in [5, 5.41) is 0. The summed E-state index contributed by atoms with van der Waals surface area (Å²) < 4.78 is 11.4. The first-order valence-electron chi connectivity index (χ1n) is 8.46. The Morgan fingerprint density at radius 2 is 1.52 bits per heavy atom. The normalized spacial score (nSPS) is 14.6. The molecule has 0 saturated carbocycles. The topological polar surface area (TPSA) is 18.5 Å². The van der Waals surface area contributed by atoms with Crippen LogP contribution in [-0.4, -0.2) is 27.4 Å². The summed E-state index contributed by atoms with van der Waals surface area (Å²) in [6, 6.07) is 13.3. The number of fused-ring (bicyclic) bond motifs is 3. The van der Waals surface area contributed by atoms with Gasteiger partial charge in [0.15, 0.2) is 0 Å². The zero-order valence-electron chi connectivity index (χ0n) is 14.6. The summed E-state index contributed by atoms with van der Waals surface area (Å²) in [5.41, 5.74) is 8.14. The van der Waals surface area contributed by atoms with Gasteiger partial charge in [-0.05, 0) is 46.2 Å². The fourth-order valence-corrected chi connectivity index (χ4v) is 4.30. The molecule has 0 N–H and O–H groups in total. The minimum atomic E-state index is -0.202. The molecule has 2 aromatic rings. The monoisotopic (exact) mass is 310 g/mol. The molecule has 0 saturated heterocycles. The standard InChI is InChI=1S/C21H26O2/c1-5-15-11-12-18-17-9-7-8-10-19(17)21(13-22-3,14-23-4)20(18)16(15)6-2/h7-12H,5-6,13-14H2,1-4H3. The summed E-state index contributed by atoms with van der Waals surface area (Å²) in [6.45, 7) is 5.77. The first kappa shape index (κ1) is 16.2. The first-order chi connectivity index (χ1) is 11.2. The quantitative estimate of drug-likeness (QED) is 0.789. The van der Waals surface area contributed by atoms with Gasteiger partial charge < -0.3 is 9.47 Å². The second-order valence-electron chi connectivity index (χ2n) is 6.33. The van der Waals surface area contributed by atoms with E-state index in [9.17, 15) is 0 Å². The smallest absolute Gasteiger partial charge is 0.0684 e. The molecule has 0 atom stereocenters. The molecule has 0 unspecified atom stereocenters. The van der Waals surface area contributed by atoms with Crippen molar-refractivity contribution in [3.63, 3.8) is 0 Å². The van der Waals surface area contributed by atoms with Crippen molar-refractivity contribution in [3.05, 3.63) is 58.7 Å². The van der Waals surface area contributed by atoms with Gasteiger partial charge in [-0.2, -0.15) is 0 Å². The molecule has 2 nitrogen and oxygen atoms in total. The Kier molecular flexibility index (Phi) is 4.56. The zero-order chi connectivity index (χ0) is 16.4. The number of benzene rings is 2. The van der Waals surface area contributed by atoms with Crippen molar-refractivity contribution in [1.29, 1.82) is 0 Å². The molecular weight excluding hydrogens is 284 g/mol. The summed E-state index contributed by atoms with van der Waals surface area (Å²) in [4.78, 5) is 0. The lowest BCUT2D eigenvalue weighted by Gasteiger charge is -2.32. The van der Waals surface area contributed by atoms with Gasteiger partial charge in [-0.3, -0.25) is 0 Å². The third kappa shape index (κ3) is 2.32. The van der Waals surface area contributed by atoms with Crippen molar-refractivity contribution in [3.8, 4) is 11.1 Å². The molecule has 0 bridgehead atoms. The van der Waals surface area contributed by atoms with Crippen LogP contribution in [0.2, 0.25) is 0 Å². The molecule has 1 aliphatic rings. The van der Waals surface area contributed by atoms with E-state index in [0.717, 1.165) is 12.8 Å². The van der Waals surface area contributed by atoms with Gasteiger partial charge in [0, 0.05) is 14.2 Å². The number of ether oxygens (including phenoxy) is 2. The van der Waals surface area contributed by atoms with Gasteiger partial charge in [0.05, 0.1) is 18.6 Å². The van der Waals surface area contributed by atoms with Gasteiger partial charge in [-0.25, -0.2) is 0 Å². The van der Waals surface area contributed by atoms with Crippen LogP contribution >= 0.6 is 0 Å². The maximum atomic E-state index is 5.69. The summed E-state index contributed by atoms with van der Waals surface area (Å²) in [6.07, 6.45) is 2.10. The zero-order valence-corrected chi connectivity index (χ0v) is 14.6. The van der Waals surface area contributed by atoms with Crippen LogP contribution in [0.15, 0.2) is 36.4 Å². The van der Waals surface area contributed by atoms with Crippen molar-refractivity contribution in [2.24, 2.45) is 0 Å². The SMILES string of the molecule is CCc1ccc2c(c1CC)C(COC)(COC)c1ccccc1-2. The van der Waals surface area contributed by atoms with Crippen LogP contribution < -0.4 is 0 Å². The number of aryl methyl sites for hydroxylation is 1. The van der Waals surface area contributed by atoms with E-state index in [1.165, 1.54) is 33.4 Å². The van der Waals surface area contributed by atoms with Gasteiger partial charge in [0.25, 0.3) is 0 Å². The van der Waals surface area contributed by atoms with Crippen LogP contribution in [0.4, 0.5) is 0 Å². The Morgan fingerprint density at radius 3 is 2.13 bits per heavy atom. The highest BCUT2D eigenvalue weighted by atomic mass is 16.5. The minimum Gasteiger partial charge on any atom is -0.383 e. The first-order valence-corrected chi connectivity index (χ1v) is 8.46. The minimum absolute atomic E-state index is 0.202. The molecule has 3 rings (SSSR count). The molecule has 0 amide bonds. The van der Waals surface area contributed by atoms with Crippen LogP contribution in [0.25, 0.3) is 11.1 Å². The molecule has 0 heterocycles. The lowest BCUT2D eigenvalue weighted by molar-refractivity contribution is 0.0810. The van der Waals surface area contributed by atoms with E-state index in [1.54, 1.807) is 14.2 Å². The highest BCUT2D eigenvalue weighted by Gasteiger charge is 2.45. The van der Waals surface area contributed by atoms with Crippen LogP contribution in [0.3, 0.4) is 0 Å². The molecular formula is C21H26O2. The van der Waals surface area contributed by atoms with Crippen LogP contribution in [0.1, 0.15) is 36.1 Å². The fourth-order valence-electron chi connectivity index (χ4n) is 4.30. The van der Waals surface area contributed by atoms with Crippen molar-refractivity contribution < 1.29 is 9.47 Å². The fraction of sp³-hybridized carbons (Fsp3) is 0.429. The molecule has 0 fully saturated rings. The lowest BCUT2D eigenvalue weighted by Crippen LogP contribution is -2.37.